The fraction of sp³-hybridized carbons (Fsp3) is 0.462. The van der Waals surface area contributed by atoms with Gasteiger partial charge in [0.25, 0.3) is 0 Å². The number of anilines is 1. The molecule has 5 nitrogen and oxygen atoms in total. The van der Waals surface area contributed by atoms with E-state index >= 15 is 0 Å². The minimum atomic E-state index is -3.36. The third kappa shape index (κ3) is 4.65. The van der Waals surface area contributed by atoms with E-state index in [1.54, 1.807) is 18.2 Å². The van der Waals surface area contributed by atoms with E-state index in [1.165, 1.54) is 6.07 Å². The molecule has 0 aliphatic rings. The van der Waals surface area contributed by atoms with Crippen molar-refractivity contribution in [1.82, 2.24) is 0 Å². The Morgan fingerprint density at radius 3 is 2.53 bits per heavy atom. The Labute approximate surface area is 114 Å². The molecule has 19 heavy (non-hydrogen) atoms. The quantitative estimate of drug-likeness (QED) is 0.826. The van der Waals surface area contributed by atoms with E-state index < -0.39 is 9.84 Å². The highest BCUT2D eigenvalue weighted by Gasteiger charge is 2.16. The minimum absolute atomic E-state index is 0.116. The van der Waals surface area contributed by atoms with E-state index in [0.717, 1.165) is 12.7 Å². The van der Waals surface area contributed by atoms with E-state index in [0.29, 0.717) is 18.7 Å². The van der Waals surface area contributed by atoms with Crippen LogP contribution in [-0.2, 0) is 14.6 Å². The lowest BCUT2D eigenvalue weighted by atomic mass is 10.0. The minimum Gasteiger partial charge on any atom is -0.330 e. The Bertz CT molecular complexity index is 537. The Morgan fingerprint density at radius 1 is 1.37 bits per heavy atom. The molecule has 0 spiro atoms. The van der Waals surface area contributed by atoms with Crippen LogP contribution in [0.3, 0.4) is 0 Å². The molecule has 0 heterocycles. The second kappa shape index (κ2) is 6.68. The monoisotopic (exact) mass is 284 g/mol. The van der Waals surface area contributed by atoms with Crippen LogP contribution in [0.4, 0.5) is 5.69 Å². The Morgan fingerprint density at radius 2 is 2.00 bits per heavy atom. The number of amides is 1. The fourth-order valence-corrected chi connectivity index (χ4v) is 2.60. The molecule has 0 aliphatic heterocycles. The van der Waals surface area contributed by atoms with Crippen LogP contribution >= 0.6 is 0 Å². The van der Waals surface area contributed by atoms with Gasteiger partial charge in [-0.05, 0) is 24.6 Å². The van der Waals surface area contributed by atoms with Gasteiger partial charge in [-0.25, -0.2) is 8.42 Å². The summed E-state index contributed by atoms with van der Waals surface area (Å²) in [6.07, 6.45) is 2.23. The van der Waals surface area contributed by atoms with Crippen molar-refractivity contribution in [1.29, 1.82) is 0 Å². The van der Waals surface area contributed by atoms with Crippen LogP contribution in [-0.4, -0.2) is 27.1 Å². The summed E-state index contributed by atoms with van der Waals surface area (Å²) in [5.74, 6) is -0.0983. The number of sulfone groups is 1. The van der Waals surface area contributed by atoms with Gasteiger partial charge in [0.2, 0.25) is 5.91 Å². The molecule has 1 aromatic carbocycles. The highest BCUT2D eigenvalue weighted by Crippen LogP contribution is 2.21. The highest BCUT2D eigenvalue weighted by molar-refractivity contribution is 7.90. The van der Waals surface area contributed by atoms with Crippen molar-refractivity contribution in [3.63, 3.8) is 0 Å². The van der Waals surface area contributed by atoms with Gasteiger partial charge in [0.05, 0.1) is 10.6 Å². The summed E-state index contributed by atoms with van der Waals surface area (Å²) in [4.78, 5) is 12.0. The Hall–Kier alpha value is -1.40. The van der Waals surface area contributed by atoms with Crippen LogP contribution in [0, 0.1) is 5.92 Å². The number of nitrogens with two attached hydrogens (primary N) is 1. The Kier molecular flexibility index (Phi) is 5.50. The number of benzene rings is 1. The smallest absolute Gasteiger partial charge is 0.224 e. The van der Waals surface area contributed by atoms with Crippen LogP contribution in [0.1, 0.15) is 19.8 Å². The standard InChI is InChI=1S/C13H20N2O3S/c1-3-10(9-14)8-13(16)15-11-6-4-5-7-12(11)19(2,17)18/h4-7,10H,3,8-9,14H2,1-2H3,(H,15,16). The van der Waals surface area contributed by atoms with Crippen LogP contribution in [0.2, 0.25) is 0 Å². The van der Waals surface area contributed by atoms with Crippen molar-refractivity contribution in [2.24, 2.45) is 11.7 Å². The van der Waals surface area contributed by atoms with Gasteiger partial charge >= 0.3 is 0 Å². The average Bonchev–Trinajstić information content (AvgIpc) is 2.35. The summed E-state index contributed by atoms with van der Waals surface area (Å²) in [5, 5.41) is 2.64. The molecule has 0 aliphatic carbocycles. The molecule has 1 amide bonds. The van der Waals surface area contributed by atoms with Gasteiger partial charge < -0.3 is 11.1 Å². The number of hydrogen-bond donors (Lipinski definition) is 2. The second-order valence-electron chi connectivity index (χ2n) is 4.53. The molecule has 6 heteroatoms. The topological polar surface area (TPSA) is 89.3 Å². The van der Waals surface area contributed by atoms with E-state index in [1.807, 2.05) is 6.92 Å². The van der Waals surface area contributed by atoms with Crippen molar-refractivity contribution in [3.05, 3.63) is 24.3 Å². The molecular weight excluding hydrogens is 264 g/mol. The molecule has 1 unspecified atom stereocenters. The summed E-state index contributed by atoms with van der Waals surface area (Å²) in [6.45, 7) is 2.41. The first kappa shape index (κ1) is 15.7. The predicted octanol–water partition coefficient (Wildman–Crippen LogP) is 1.40. The van der Waals surface area contributed by atoms with Gasteiger partial charge in [0.15, 0.2) is 9.84 Å². The molecule has 1 atom stereocenters. The van der Waals surface area contributed by atoms with E-state index in [4.69, 9.17) is 5.73 Å². The lowest BCUT2D eigenvalue weighted by Crippen LogP contribution is -2.22. The largest absolute Gasteiger partial charge is 0.330 e. The molecule has 1 aromatic rings. The summed E-state index contributed by atoms with van der Waals surface area (Å²) in [5.41, 5.74) is 5.87. The second-order valence-corrected chi connectivity index (χ2v) is 6.51. The number of nitrogens with one attached hydrogen (secondary N) is 1. The predicted molar refractivity (Wildman–Crippen MR) is 75.6 cm³/mol. The highest BCUT2D eigenvalue weighted by atomic mass is 32.2. The third-order valence-corrected chi connectivity index (χ3v) is 4.10. The van der Waals surface area contributed by atoms with Crippen molar-refractivity contribution >= 4 is 21.4 Å². The van der Waals surface area contributed by atoms with E-state index in [9.17, 15) is 13.2 Å². The molecule has 0 radical (unpaired) electrons. The lowest BCUT2D eigenvalue weighted by molar-refractivity contribution is -0.117. The number of rotatable bonds is 6. The van der Waals surface area contributed by atoms with E-state index in [-0.39, 0.29) is 16.7 Å². The molecule has 0 bridgehead atoms. The van der Waals surface area contributed by atoms with Gasteiger partial charge in [-0.2, -0.15) is 0 Å². The molecule has 1 rings (SSSR count). The van der Waals surface area contributed by atoms with Crippen molar-refractivity contribution in [2.45, 2.75) is 24.7 Å². The summed E-state index contributed by atoms with van der Waals surface area (Å²) in [7, 11) is -3.36. The van der Waals surface area contributed by atoms with Crippen molar-refractivity contribution in [3.8, 4) is 0 Å². The van der Waals surface area contributed by atoms with Gasteiger partial charge in [-0.3, -0.25) is 4.79 Å². The zero-order chi connectivity index (χ0) is 14.5. The molecule has 0 saturated heterocycles. The van der Waals surface area contributed by atoms with Gasteiger partial charge in [-0.15, -0.1) is 0 Å². The Balaban J connectivity index is 2.86. The first-order valence-corrected chi connectivity index (χ1v) is 8.06. The van der Waals surface area contributed by atoms with Crippen molar-refractivity contribution < 1.29 is 13.2 Å². The zero-order valence-corrected chi connectivity index (χ0v) is 12.0. The fourth-order valence-electron chi connectivity index (χ4n) is 1.75. The number of carbonyl (C=O) groups excluding carboxylic acids is 1. The normalized spacial score (nSPS) is 13.0. The van der Waals surface area contributed by atoms with Crippen LogP contribution in [0.5, 0.6) is 0 Å². The SMILES string of the molecule is CCC(CN)CC(=O)Nc1ccccc1S(C)(=O)=O. The van der Waals surface area contributed by atoms with E-state index in [2.05, 4.69) is 5.32 Å². The molecule has 106 valence electrons. The van der Waals surface area contributed by atoms with Crippen LogP contribution < -0.4 is 11.1 Å². The molecule has 0 aromatic heterocycles. The first-order chi connectivity index (χ1) is 8.88. The molecule has 0 fully saturated rings. The number of hydrogen-bond acceptors (Lipinski definition) is 4. The first-order valence-electron chi connectivity index (χ1n) is 6.17. The number of carbonyl (C=O) groups is 1. The van der Waals surface area contributed by atoms with Crippen LogP contribution in [0.25, 0.3) is 0 Å². The van der Waals surface area contributed by atoms with Gasteiger partial charge in [0, 0.05) is 12.7 Å². The average molecular weight is 284 g/mol. The number of para-hydroxylation sites is 1. The maximum atomic E-state index is 11.9. The summed E-state index contributed by atoms with van der Waals surface area (Å²) >= 11 is 0. The third-order valence-electron chi connectivity index (χ3n) is 2.95. The molecule has 3 N–H and O–H groups in total. The maximum Gasteiger partial charge on any atom is 0.224 e. The van der Waals surface area contributed by atoms with Gasteiger partial charge in [0.1, 0.15) is 0 Å². The van der Waals surface area contributed by atoms with Gasteiger partial charge in [-0.1, -0.05) is 25.5 Å². The van der Waals surface area contributed by atoms with Crippen LogP contribution in [0.15, 0.2) is 29.2 Å². The summed E-state index contributed by atoms with van der Waals surface area (Å²) < 4.78 is 23.2. The van der Waals surface area contributed by atoms with Crippen molar-refractivity contribution in [2.75, 3.05) is 18.1 Å². The zero-order valence-electron chi connectivity index (χ0n) is 11.2. The molecule has 0 saturated carbocycles. The summed E-state index contributed by atoms with van der Waals surface area (Å²) in [6, 6.07) is 6.37. The lowest BCUT2D eigenvalue weighted by Gasteiger charge is -2.13. The maximum absolute atomic E-state index is 11.9. The molecular formula is C13H20N2O3S.